The van der Waals surface area contributed by atoms with Gasteiger partial charge in [0.25, 0.3) is 0 Å². The predicted octanol–water partition coefficient (Wildman–Crippen LogP) is 3.24. The van der Waals surface area contributed by atoms with Gasteiger partial charge >= 0.3 is 0 Å². The van der Waals surface area contributed by atoms with E-state index >= 15 is 0 Å². The summed E-state index contributed by atoms with van der Waals surface area (Å²) >= 11 is 3.61. The molecule has 0 fully saturated rings. The van der Waals surface area contributed by atoms with Crippen LogP contribution in [0.15, 0.2) is 22.7 Å². The van der Waals surface area contributed by atoms with Crippen LogP contribution in [0.2, 0.25) is 0 Å². The SMILES string of the molecule is CCc1ccc(C(C(C)CO)N(C)C)cc1Br. The first-order chi connectivity index (χ1) is 8.01. The van der Waals surface area contributed by atoms with Crippen molar-refractivity contribution in [1.82, 2.24) is 4.90 Å². The number of aliphatic hydroxyl groups excluding tert-OH is 1. The number of rotatable bonds is 5. The van der Waals surface area contributed by atoms with E-state index in [-0.39, 0.29) is 18.6 Å². The fourth-order valence-corrected chi connectivity index (χ4v) is 2.95. The number of aryl methyl sites for hydroxylation is 1. The Kier molecular flexibility index (Phi) is 5.63. The number of halogens is 1. The van der Waals surface area contributed by atoms with Gasteiger partial charge in [0.1, 0.15) is 0 Å². The Balaban J connectivity index is 3.07. The van der Waals surface area contributed by atoms with Crippen LogP contribution < -0.4 is 0 Å². The molecule has 3 heteroatoms. The zero-order valence-electron chi connectivity index (χ0n) is 11.1. The third-order valence-electron chi connectivity index (χ3n) is 3.18. The monoisotopic (exact) mass is 299 g/mol. The van der Waals surface area contributed by atoms with E-state index in [1.54, 1.807) is 0 Å². The second-order valence-corrected chi connectivity index (χ2v) is 5.63. The van der Waals surface area contributed by atoms with Crippen LogP contribution in [0.3, 0.4) is 0 Å². The van der Waals surface area contributed by atoms with Crippen molar-refractivity contribution in [2.24, 2.45) is 5.92 Å². The van der Waals surface area contributed by atoms with Gasteiger partial charge in [-0.15, -0.1) is 0 Å². The van der Waals surface area contributed by atoms with Gasteiger partial charge < -0.3 is 10.0 Å². The summed E-state index contributed by atoms with van der Waals surface area (Å²) < 4.78 is 1.16. The van der Waals surface area contributed by atoms with Crippen molar-refractivity contribution in [3.05, 3.63) is 33.8 Å². The van der Waals surface area contributed by atoms with Crippen molar-refractivity contribution in [2.75, 3.05) is 20.7 Å². The van der Waals surface area contributed by atoms with E-state index in [9.17, 15) is 5.11 Å². The maximum atomic E-state index is 9.35. The average Bonchev–Trinajstić information content (AvgIpc) is 2.28. The van der Waals surface area contributed by atoms with Gasteiger partial charge in [0, 0.05) is 17.1 Å². The molecule has 1 aromatic carbocycles. The number of benzene rings is 1. The summed E-state index contributed by atoms with van der Waals surface area (Å²) in [7, 11) is 4.11. The van der Waals surface area contributed by atoms with Crippen molar-refractivity contribution in [3.63, 3.8) is 0 Å². The van der Waals surface area contributed by atoms with E-state index in [1.807, 2.05) is 0 Å². The van der Waals surface area contributed by atoms with Crippen molar-refractivity contribution in [1.29, 1.82) is 0 Å². The fraction of sp³-hybridized carbons (Fsp3) is 0.571. The van der Waals surface area contributed by atoms with Gasteiger partial charge in [0.05, 0.1) is 0 Å². The lowest BCUT2D eigenvalue weighted by molar-refractivity contribution is 0.145. The van der Waals surface area contributed by atoms with Crippen molar-refractivity contribution in [2.45, 2.75) is 26.3 Å². The van der Waals surface area contributed by atoms with Gasteiger partial charge in [-0.05, 0) is 43.6 Å². The van der Waals surface area contributed by atoms with Gasteiger partial charge in [-0.3, -0.25) is 0 Å². The Morgan fingerprint density at radius 2 is 2.00 bits per heavy atom. The van der Waals surface area contributed by atoms with E-state index < -0.39 is 0 Å². The summed E-state index contributed by atoms with van der Waals surface area (Å²) in [6, 6.07) is 6.76. The summed E-state index contributed by atoms with van der Waals surface area (Å²) in [6.07, 6.45) is 1.03. The minimum Gasteiger partial charge on any atom is -0.396 e. The summed E-state index contributed by atoms with van der Waals surface area (Å²) in [6.45, 7) is 4.43. The predicted molar refractivity (Wildman–Crippen MR) is 76.2 cm³/mol. The highest BCUT2D eigenvalue weighted by Gasteiger charge is 2.21. The highest BCUT2D eigenvalue weighted by Crippen LogP contribution is 2.30. The Morgan fingerprint density at radius 3 is 2.41 bits per heavy atom. The first-order valence-corrected chi connectivity index (χ1v) is 6.86. The van der Waals surface area contributed by atoms with E-state index in [0.29, 0.717) is 0 Å². The quantitative estimate of drug-likeness (QED) is 0.902. The van der Waals surface area contributed by atoms with Crippen LogP contribution >= 0.6 is 15.9 Å². The first-order valence-electron chi connectivity index (χ1n) is 6.06. The molecule has 0 bridgehead atoms. The van der Waals surface area contributed by atoms with E-state index in [1.165, 1.54) is 11.1 Å². The summed E-state index contributed by atoms with van der Waals surface area (Å²) in [5.41, 5.74) is 2.57. The Hall–Kier alpha value is -0.380. The van der Waals surface area contributed by atoms with Crippen LogP contribution in [-0.4, -0.2) is 30.7 Å². The highest BCUT2D eigenvalue weighted by atomic mass is 79.9. The summed E-state index contributed by atoms with van der Waals surface area (Å²) in [4.78, 5) is 2.16. The van der Waals surface area contributed by atoms with Crippen molar-refractivity contribution < 1.29 is 5.11 Å². The van der Waals surface area contributed by atoms with E-state index in [0.717, 1.165) is 10.9 Å². The molecule has 0 radical (unpaired) electrons. The molecule has 0 aliphatic carbocycles. The Labute approximate surface area is 113 Å². The molecule has 0 aliphatic rings. The molecule has 17 heavy (non-hydrogen) atoms. The zero-order valence-corrected chi connectivity index (χ0v) is 12.7. The largest absolute Gasteiger partial charge is 0.396 e. The molecule has 1 N–H and O–H groups in total. The van der Waals surface area contributed by atoms with Crippen molar-refractivity contribution >= 4 is 15.9 Å². The van der Waals surface area contributed by atoms with Gasteiger partial charge in [-0.25, -0.2) is 0 Å². The summed E-state index contributed by atoms with van der Waals surface area (Å²) in [5.74, 6) is 0.226. The van der Waals surface area contributed by atoms with Gasteiger partial charge in [0.15, 0.2) is 0 Å². The zero-order chi connectivity index (χ0) is 13.0. The topological polar surface area (TPSA) is 23.5 Å². The third kappa shape index (κ3) is 3.54. The molecule has 2 atom stereocenters. The molecule has 0 aliphatic heterocycles. The Morgan fingerprint density at radius 1 is 1.35 bits per heavy atom. The minimum atomic E-state index is 0.204. The molecule has 2 nitrogen and oxygen atoms in total. The molecular weight excluding hydrogens is 278 g/mol. The molecule has 0 saturated heterocycles. The van der Waals surface area contributed by atoms with Crippen LogP contribution in [0.1, 0.15) is 31.0 Å². The maximum Gasteiger partial charge on any atom is 0.0474 e. The Bertz CT molecular complexity index is 365. The molecule has 0 saturated carbocycles. The number of hydrogen-bond donors (Lipinski definition) is 1. The van der Waals surface area contributed by atoms with Gasteiger partial charge in [-0.2, -0.15) is 0 Å². The second kappa shape index (κ2) is 6.53. The molecule has 0 spiro atoms. The molecule has 2 unspecified atom stereocenters. The smallest absolute Gasteiger partial charge is 0.0474 e. The summed E-state index contributed by atoms with van der Waals surface area (Å²) in [5, 5.41) is 9.35. The van der Waals surface area contributed by atoms with Crippen LogP contribution in [0.5, 0.6) is 0 Å². The van der Waals surface area contributed by atoms with Crippen LogP contribution in [-0.2, 0) is 6.42 Å². The average molecular weight is 300 g/mol. The van der Waals surface area contributed by atoms with Crippen molar-refractivity contribution in [3.8, 4) is 0 Å². The van der Waals surface area contributed by atoms with E-state index in [4.69, 9.17) is 0 Å². The van der Waals surface area contributed by atoms with E-state index in [2.05, 4.69) is 67.0 Å². The van der Waals surface area contributed by atoms with Crippen LogP contribution in [0.25, 0.3) is 0 Å². The number of aliphatic hydroxyl groups is 1. The first kappa shape index (κ1) is 14.7. The fourth-order valence-electron chi connectivity index (χ4n) is 2.27. The second-order valence-electron chi connectivity index (χ2n) is 4.77. The molecule has 96 valence electrons. The molecule has 1 rings (SSSR count). The van der Waals surface area contributed by atoms with Crippen LogP contribution in [0.4, 0.5) is 0 Å². The maximum absolute atomic E-state index is 9.35. The lowest BCUT2D eigenvalue weighted by atomic mass is 9.93. The highest BCUT2D eigenvalue weighted by molar-refractivity contribution is 9.10. The third-order valence-corrected chi connectivity index (χ3v) is 3.92. The molecule has 0 aromatic heterocycles. The molecule has 0 heterocycles. The lowest BCUT2D eigenvalue weighted by Gasteiger charge is -2.30. The standard InChI is InChI=1S/C14H22BrNO/c1-5-11-6-7-12(8-13(11)15)14(16(3)4)10(2)9-17/h6-8,10,14,17H,5,9H2,1-4H3. The molecule has 0 amide bonds. The number of nitrogens with zero attached hydrogens (tertiary/aromatic N) is 1. The lowest BCUT2D eigenvalue weighted by Crippen LogP contribution is -2.27. The van der Waals surface area contributed by atoms with Gasteiger partial charge in [-0.1, -0.05) is 41.9 Å². The van der Waals surface area contributed by atoms with Gasteiger partial charge in [0.2, 0.25) is 0 Å². The van der Waals surface area contributed by atoms with Crippen LogP contribution in [0, 0.1) is 5.92 Å². The minimum absolute atomic E-state index is 0.204. The normalized spacial score (nSPS) is 15.0. The molecule has 1 aromatic rings. The number of hydrogen-bond acceptors (Lipinski definition) is 2. The molecular formula is C14H22BrNO.